The van der Waals surface area contributed by atoms with Crippen molar-refractivity contribution in [3.63, 3.8) is 0 Å². The number of nitrogens with zero attached hydrogens (tertiary/aromatic N) is 1. The second kappa shape index (κ2) is 5.63. The van der Waals surface area contributed by atoms with Crippen molar-refractivity contribution < 1.29 is 13.9 Å². The maximum atomic E-state index is 11.6. The number of oxazole rings is 1. The molecule has 19 heavy (non-hydrogen) atoms. The van der Waals surface area contributed by atoms with Crippen LogP contribution >= 0.6 is 23.2 Å². The van der Waals surface area contributed by atoms with Crippen LogP contribution < -0.4 is 0 Å². The Kier molecular flexibility index (Phi) is 4.12. The van der Waals surface area contributed by atoms with Crippen LogP contribution in [0.2, 0.25) is 10.0 Å². The summed E-state index contributed by atoms with van der Waals surface area (Å²) < 4.78 is 10.3. The normalized spacial score (nSPS) is 10.5. The Labute approximate surface area is 120 Å². The van der Waals surface area contributed by atoms with E-state index in [1.165, 1.54) is 0 Å². The van der Waals surface area contributed by atoms with Crippen LogP contribution in [0.5, 0.6) is 0 Å². The molecular formula is C13H11Cl2NO3. The number of carbonyl (C=O) groups is 1. The number of rotatable bonds is 3. The van der Waals surface area contributed by atoms with Gasteiger partial charge in [0, 0.05) is 15.6 Å². The van der Waals surface area contributed by atoms with Crippen molar-refractivity contribution in [1.82, 2.24) is 4.98 Å². The summed E-state index contributed by atoms with van der Waals surface area (Å²) in [6, 6.07) is 4.93. The van der Waals surface area contributed by atoms with Crippen molar-refractivity contribution in [3.05, 3.63) is 39.7 Å². The molecule has 0 aliphatic rings. The van der Waals surface area contributed by atoms with Gasteiger partial charge in [-0.15, -0.1) is 0 Å². The average molecular weight is 300 g/mol. The lowest BCUT2D eigenvalue weighted by Gasteiger charge is -1.99. The summed E-state index contributed by atoms with van der Waals surface area (Å²) in [6.45, 7) is 3.67. The Morgan fingerprint density at radius 2 is 1.95 bits per heavy atom. The van der Waals surface area contributed by atoms with Gasteiger partial charge < -0.3 is 9.15 Å². The van der Waals surface area contributed by atoms with Crippen LogP contribution in [-0.4, -0.2) is 17.6 Å². The van der Waals surface area contributed by atoms with Crippen LogP contribution in [0.1, 0.15) is 23.2 Å². The van der Waals surface area contributed by atoms with Crippen molar-refractivity contribution in [2.45, 2.75) is 13.8 Å². The molecule has 0 radical (unpaired) electrons. The Bertz CT molecular complexity index is 602. The molecular weight excluding hydrogens is 289 g/mol. The fourth-order valence-electron chi connectivity index (χ4n) is 1.58. The predicted molar refractivity (Wildman–Crippen MR) is 72.7 cm³/mol. The lowest BCUT2D eigenvalue weighted by atomic mass is 10.2. The summed E-state index contributed by atoms with van der Waals surface area (Å²) in [4.78, 5) is 15.8. The lowest BCUT2D eigenvalue weighted by Crippen LogP contribution is -2.04. The highest BCUT2D eigenvalue weighted by Gasteiger charge is 2.19. The van der Waals surface area contributed by atoms with Gasteiger partial charge in [-0.05, 0) is 32.0 Å². The Morgan fingerprint density at radius 3 is 2.53 bits per heavy atom. The van der Waals surface area contributed by atoms with E-state index in [9.17, 15) is 4.79 Å². The molecule has 0 aliphatic heterocycles. The topological polar surface area (TPSA) is 52.3 Å². The van der Waals surface area contributed by atoms with Gasteiger partial charge in [0.25, 0.3) is 0 Å². The molecule has 0 aliphatic carbocycles. The van der Waals surface area contributed by atoms with Gasteiger partial charge in [-0.1, -0.05) is 23.2 Å². The SMILES string of the molecule is CCOC(=O)c1oc(-c2cc(Cl)cc(Cl)c2)nc1C. The molecule has 0 spiro atoms. The fraction of sp³-hybridized carbons (Fsp3) is 0.231. The van der Waals surface area contributed by atoms with E-state index in [-0.39, 0.29) is 18.3 Å². The molecule has 0 atom stereocenters. The second-order valence-electron chi connectivity index (χ2n) is 3.81. The highest BCUT2D eigenvalue weighted by molar-refractivity contribution is 6.35. The van der Waals surface area contributed by atoms with E-state index in [1.807, 2.05) is 0 Å². The molecule has 0 amide bonds. The van der Waals surface area contributed by atoms with E-state index in [0.717, 1.165) is 0 Å². The molecule has 2 aromatic rings. The predicted octanol–water partition coefficient (Wildman–Crippen LogP) is 4.13. The molecule has 6 heteroatoms. The maximum Gasteiger partial charge on any atom is 0.376 e. The third-order valence-corrected chi connectivity index (χ3v) is 2.80. The molecule has 100 valence electrons. The zero-order valence-electron chi connectivity index (χ0n) is 10.4. The van der Waals surface area contributed by atoms with Gasteiger partial charge in [-0.3, -0.25) is 0 Å². The van der Waals surface area contributed by atoms with E-state index in [4.69, 9.17) is 32.4 Å². The minimum absolute atomic E-state index is 0.0907. The second-order valence-corrected chi connectivity index (χ2v) is 4.69. The highest BCUT2D eigenvalue weighted by atomic mass is 35.5. The van der Waals surface area contributed by atoms with Crippen molar-refractivity contribution in [2.75, 3.05) is 6.61 Å². The summed E-state index contributed by atoms with van der Waals surface area (Å²) in [6.07, 6.45) is 0. The van der Waals surface area contributed by atoms with Crippen LogP contribution in [0, 0.1) is 6.92 Å². The van der Waals surface area contributed by atoms with E-state index in [2.05, 4.69) is 4.98 Å². The van der Waals surface area contributed by atoms with Gasteiger partial charge in [0.2, 0.25) is 11.7 Å². The zero-order valence-corrected chi connectivity index (χ0v) is 11.9. The first-order valence-electron chi connectivity index (χ1n) is 5.62. The Balaban J connectivity index is 2.41. The van der Waals surface area contributed by atoms with Crippen LogP contribution in [0.15, 0.2) is 22.6 Å². The van der Waals surface area contributed by atoms with Gasteiger partial charge in [0.05, 0.1) is 12.3 Å². The smallest absolute Gasteiger partial charge is 0.376 e. The Hall–Kier alpha value is -1.52. The molecule has 1 aromatic carbocycles. The van der Waals surface area contributed by atoms with Crippen LogP contribution in [0.3, 0.4) is 0 Å². The fourth-order valence-corrected chi connectivity index (χ4v) is 2.11. The maximum absolute atomic E-state index is 11.6. The van der Waals surface area contributed by atoms with E-state index in [1.54, 1.807) is 32.0 Å². The standard InChI is InChI=1S/C13H11Cl2NO3/c1-3-18-13(17)11-7(2)16-12(19-11)8-4-9(14)6-10(15)5-8/h4-6H,3H2,1-2H3. The quantitative estimate of drug-likeness (QED) is 0.800. The van der Waals surface area contributed by atoms with Gasteiger partial charge in [-0.25, -0.2) is 9.78 Å². The summed E-state index contributed by atoms with van der Waals surface area (Å²) in [5, 5.41) is 0.937. The third-order valence-electron chi connectivity index (χ3n) is 2.37. The number of carbonyl (C=O) groups excluding carboxylic acids is 1. The molecule has 1 aromatic heterocycles. The number of hydrogen-bond donors (Lipinski definition) is 0. The molecule has 0 unspecified atom stereocenters. The van der Waals surface area contributed by atoms with Crippen LogP contribution in [-0.2, 0) is 4.74 Å². The van der Waals surface area contributed by atoms with Crippen molar-refractivity contribution in [2.24, 2.45) is 0 Å². The van der Waals surface area contributed by atoms with Crippen molar-refractivity contribution in [3.8, 4) is 11.5 Å². The first kappa shape index (κ1) is 13.9. The first-order valence-corrected chi connectivity index (χ1v) is 6.38. The molecule has 0 fully saturated rings. The van der Waals surface area contributed by atoms with E-state index >= 15 is 0 Å². The molecule has 0 saturated heterocycles. The average Bonchev–Trinajstić information content (AvgIpc) is 2.70. The summed E-state index contributed by atoms with van der Waals surface area (Å²) >= 11 is 11.8. The molecule has 0 N–H and O–H groups in total. The van der Waals surface area contributed by atoms with Crippen LogP contribution in [0.4, 0.5) is 0 Å². The largest absolute Gasteiger partial charge is 0.460 e. The number of hydrogen-bond acceptors (Lipinski definition) is 4. The molecule has 1 heterocycles. The number of halogens is 2. The first-order chi connectivity index (χ1) is 9.01. The minimum atomic E-state index is -0.535. The van der Waals surface area contributed by atoms with Gasteiger partial charge in [0.15, 0.2) is 0 Å². The molecule has 4 nitrogen and oxygen atoms in total. The monoisotopic (exact) mass is 299 g/mol. The lowest BCUT2D eigenvalue weighted by molar-refractivity contribution is 0.0490. The number of aryl methyl sites for hydroxylation is 1. The van der Waals surface area contributed by atoms with Gasteiger partial charge in [-0.2, -0.15) is 0 Å². The molecule has 0 bridgehead atoms. The number of esters is 1. The zero-order chi connectivity index (χ0) is 14.0. The van der Waals surface area contributed by atoms with Gasteiger partial charge >= 0.3 is 5.97 Å². The van der Waals surface area contributed by atoms with Crippen LogP contribution in [0.25, 0.3) is 11.5 Å². The van der Waals surface area contributed by atoms with E-state index < -0.39 is 5.97 Å². The number of ether oxygens (including phenoxy) is 1. The van der Waals surface area contributed by atoms with Crippen molar-refractivity contribution in [1.29, 1.82) is 0 Å². The van der Waals surface area contributed by atoms with Crippen molar-refractivity contribution >= 4 is 29.2 Å². The highest BCUT2D eigenvalue weighted by Crippen LogP contribution is 2.28. The minimum Gasteiger partial charge on any atom is -0.460 e. The number of aromatic nitrogens is 1. The summed E-state index contributed by atoms with van der Waals surface area (Å²) in [5.41, 5.74) is 1.07. The number of benzene rings is 1. The Morgan fingerprint density at radius 1 is 1.32 bits per heavy atom. The van der Waals surface area contributed by atoms with Gasteiger partial charge in [0.1, 0.15) is 0 Å². The summed E-state index contributed by atoms with van der Waals surface area (Å²) in [5.74, 6) is -0.162. The van der Waals surface area contributed by atoms with E-state index in [0.29, 0.717) is 21.3 Å². The third kappa shape index (κ3) is 3.08. The molecule has 0 saturated carbocycles. The molecule has 2 rings (SSSR count). The summed E-state index contributed by atoms with van der Waals surface area (Å²) in [7, 11) is 0.